The van der Waals surface area contributed by atoms with Crippen molar-refractivity contribution in [1.82, 2.24) is 19.5 Å². The zero-order valence-corrected chi connectivity index (χ0v) is 18.9. The third kappa shape index (κ3) is 5.54. The summed E-state index contributed by atoms with van der Waals surface area (Å²) in [6, 6.07) is 0. The Hall–Kier alpha value is -1.45. The molecule has 6 N–H and O–H groups in total. The van der Waals surface area contributed by atoms with Gasteiger partial charge in [-0.2, -0.15) is 8.62 Å². The summed E-state index contributed by atoms with van der Waals surface area (Å²) < 4.78 is 52.3. The lowest BCUT2D eigenvalue weighted by molar-refractivity contribution is -0.0123. The van der Waals surface area contributed by atoms with Crippen LogP contribution in [0.15, 0.2) is 24.2 Å². The van der Waals surface area contributed by atoms with Crippen molar-refractivity contribution in [2.75, 3.05) is 0 Å². The van der Waals surface area contributed by atoms with E-state index >= 15 is 0 Å². The molecule has 17 nitrogen and oxygen atoms in total. The van der Waals surface area contributed by atoms with Crippen LogP contribution in [-0.2, 0) is 31.6 Å². The van der Waals surface area contributed by atoms with E-state index in [1.807, 2.05) is 0 Å². The zero-order chi connectivity index (χ0) is 24.1. The minimum atomic E-state index is -5.75. The van der Waals surface area contributed by atoms with Crippen molar-refractivity contribution in [3.63, 3.8) is 0 Å². The predicted molar refractivity (Wildman–Crippen MR) is 100 cm³/mol. The zero-order valence-electron chi connectivity index (χ0n) is 15.4. The van der Waals surface area contributed by atoms with Gasteiger partial charge in [0, 0.05) is 0 Å². The van der Waals surface area contributed by atoms with Crippen LogP contribution in [0.1, 0.15) is 13.2 Å². The number of aliphatic hydroxyl groups is 2. The topological polar surface area (TPSA) is 253 Å². The molecule has 2 aromatic rings. The van der Waals surface area contributed by atoms with Gasteiger partial charge < -0.3 is 34.2 Å². The number of aliphatic hydroxyl groups excluding tert-OH is 2. The second-order valence-electron chi connectivity index (χ2n) is 6.04. The molecule has 1 saturated heterocycles. The number of hydrogen-bond acceptors (Lipinski definition) is 12. The maximum absolute atomic E-state index is 12.0. The van der Waals surface area contributed by atoms with E-state index in [1.165, 1.54) is 10.9 Å². The van der Waals surface area contributed by atoms with Crippen molar-refractivity contribution < 1.29 is 61.4 Å². The number of aromatic nitrogens is 4. The second kappa shape index (κ2) is 8.72. The molecule has 0 bridgehead atoms. The number of phosphoric ester groups is 1. The third-order valence-corrected chi connectivity index (χ3v) is 7.84. The van der Waals surface area contributed by atoms with Gasteiger partial charge in [-0.3, -0.25) is 9.46 Å². The fraction of sp³-hybridized carbons (Fsp3) is 0.364. The lowest BCUT2D eigenvalue weighted by Crippen LogP contribution is -2.27. The molecule has 21 heteroatoms. The first-order chi connectivity index (χ1) is 14.6. The Labute approximate surface area is 182 Å². The first-order valence-electron chi connectivity index (χ1n) is 8.00. The number of phosphoric acid groups is 3. The number of allylic oxidation sites excluding steroid dienone is 1. The van der Waals surface area contributed by atoms with Crippen molar-refractivity contribution >= 4 is 46.2 Å². The smallest absolute Gasteiger partial charge is 0.465 e. The van der Waals surface area contributed by atoms with Crippen LogP contribution in [0.4, 0.5) is 0 Å². The molecule has 0 aliphatic carbocycles. The Bertz CT molecular complexity index is 1210. The lowest BCUT2D eigenvalue weighted by Gasteiger charge is -2.18. The van der Waals surface area contributed by atoms with E-state index in [0.717, 1.165) is 13.3 Å². The van der Waals surface area contributed by atoms with Crippen LogP contribution < -0.4 is 0 Å². The summed E-state index contributed by atoms with van der Waals surface area (Å²) in [6.45, 7) is 0.969. The van der Waals surface area contributed by atoms with Crippen LogP contribution in [0, 0.1) is 0 Å². The molecular weight excluding hydrogens is 525 g/mol. The SMILES string of the molecule is C/C(OP(=O)(O)OP(=O)(O)OP(=O)(O)O)=C1\O[C@@H](n2cnc3c(Cl)ncnc32)[C@H](O)[C@@H]1O. The third-order valence-electron chi connectivity index (χ3n) is 3.74. The molecule has 5 atom stereocenters. The quantitative estimate of drug-likeness (QED) is 0.157. The molecule has 3 heterocycles. The van der Waals surface area contributed by atoms with Gasteiger partial charge in [0.05, 0.1) is 0 Å². The molecule has 3 rings (SSSR count). The number of halogens is 1. The van der Waals surface area contributed by atoms with Gasteiger partial charge >= 0.3 is 23.5 Å². The predicted octanol–water partition coefficient (Wildman–Crippen LogP) is 0.305. The molecule has 0 spiro atoms. The Morgan fingerprint density at radius 3 is 2.38 bits per heavy atom. The Balaban J connectivity index is 1.84. The van der Waals surface area contributed by atoms with Gasteiger partial charge in [-0.15, -0.1) is 0 Å². The van der Waals surface area contributed by atoms with Crippen molar-refractivity contribution in [1.29, 1.82) is 0 Å². The maximum atomic E-state index is 12.0. The summed E-state index contributed by atoms with van der Waals surface area (Å²) in [5.41, 5.74) is 0.273. The molecule has 178 valence electrons. The molecule has 0 amide bonds. The van der Waals surface area contributed by atoms with E-state index in [-0.39, 0.29) is 16.3 Å². The summed E-state index contributed by atoms with van der Waals surface area (Å²) >= 11 is 5.90. The molecule has 0 saturated carbocycles. The van der Waals surface area contributed by atoms with E-state index in [1.54, 1.807) is 0 Å². The van der Waals surface area contributed by atoms with Crippen LogP contribution >= 0.6 is 35.1 Å². The summed E-state index contributed by atoms with van der Waals surface area (Å²) in [7, 11) is -16.9. The van der Waals surface area contributed by atoms with Crippen molar-refractivity contribution in [3.05, 3.63) is 29.3 Å². The summed E-state index contributed by atoms with van der Waals surface area (Å²) in [6.07, 6.45) is -2.57. The molecule has 1 fully saturated rings. The Morgan fingerprint density at radius 1 is 1.09 bits per heavy atom. The van der Waals surface area contributed by atoms with Gasteiger partial charge in [-0.05, 0) is 6.92 Å². The molecule has 2 aromatic heterocycles. The highest BCUT2D eigenvalue weighted by Gasteiger charge is 2.46. The van der Waals surface area contributed by atoms with Crippen molar-refractivity contribution in [3.8, 4) is 0 Å². The fourth-order valence-electron chi connectivity index (χ4n) is 2.62. The Kier molecular flexibility index (Phi) is 6.86. The van der Waals surface area contributed by atoms with E-state index in [9.17, 15) is 33.7 Å². The van der Waals surface area contributed by atoms with Crippen LogP contribution in [-0.4, -0.2) is 61.5 Å². The summed E-state index contributed by atoms with van der Waals surface area (Å²) in [5, 5.41) is 20.6. The van der Waals surface area contributed by atoms with Crippen molar-refractivity contribution in [2.45, 2.75) is 25.4 Å². The highest BCUT2D eigenvalue weighted by Crippen LogP contribution is 2.67. The monoisotopic (exact) mass is 538 g/mol. The average Bonchev–Trinajstić information content (AvgIpc) is 3.14. The minimum Gasteiger partial charge on any atom is -0.465 e. The average molecular weight is 539 g/mol. The molecule has 1 aliphatic heterocycles. The largest absolute Gasteiger partial charge is 0.536 e. The van der Waals surface area contributed by atoms with Crippen LogP contribution in [0.2, 0.25) is 5.15 Å². The molecule has 0 aromatic carbocycles. The van der Waals surface area contributed by atoms with Crippen LogP contribution in [0.5, 0.6) is 0 Å². The summed E-state index contributed by atoms with van der Waals surface area (Å²) in [4.78, 5) is 47.5. The number of hydrogen-bond donors (Lipinski definition) is 6. The van der Waals surface area contributed by atoms with Gasteiger partial charge in [-0.1, -0.05) is 11.6 Å². The van der Waals surface area contributed by atoms with Gasteiger partial charge in [0.1, 0.15) is 36.1 Å². The number of fused-ring (bicyclic) bond motifs is 1. The van der Waals surface area contributed by atoms with E-state index < -0.39 is 53.4 Å². The van der Waals surface area contributed by atoms with Gasteiger partial charge in [0.15, 0.2) is 16.6 Å². The number of nitrogens with zero attached hydrogens (tertiary/aromatic N) is 4. The van der Waals surface area contributed by atoms with Crippen molar-refractivity contribution in [2.24, 2.45) is 0 Å². The normalized spacial score (nSPS) is 26.9. The molecule has 0 radical (unpaired) electrons. The lowest BCUT2D eigenvalue weighted by atomic mass is 10.2. The first kappa shape index (κ1) is 25.2. The standard InChI is InChI=1S/C11H14ClN4O13P3/c1-4(27-31(22,23)29-32(24,25)28-30(19,20)21)8-6(17)7(18)11(26-8)16-3-15-5-9(12)13-2-14-10(5)16/h2-3,6-7,11,17-18H,1H3,(H,22,23)(H,24,25)(H2,19,20,21)/b8-4+/t6-,7+,11+/m0/s1. The van der Waals surface area contributed by atoms with Gasteiger partial charge in [0.2, 0.25) is 6.23 Å². The minimum absolute atomic E-state index is 0.00129. The van der Waals surface area contributed by atoms with Gasteiger partial charge in [-0.25, -0.2) is 28.6 Å². The Morgan fingerprint density at radius 2 is 1.75 bits per heavy atom. The van der Waals surface area contributed by atoms with Crippen LogP contribution in [0.25, 0.3) is 11.2 Å². The molecule has 32 heavy (non-hydrogen) atoms. The van der Waals surface area contributed by atoms with E-state index in [0.29, 0.717) is 0 Å². The molecule has 1 aliphatic rings. The number of ether oxygens (including phenoxy) is 1. The molecular formula is C11H14ClN4O13P3. The number of imidazole rings is 1. The van der Waals surface area contributed by atoms with E-state index in [2.05, 4.69) is 28.1 Å². The van der Waals surface area contributed by atoms with Gasteiger partial charge in [0.25, 0.3) is 0 Å². The van der Waals surface area contributed by atoms with Crippen LogP contribution in [0.3, 0.4) is 0 Å². The van der Waals surface area contributed by atoms with E-state index in [4.69, 9.17) is 26.1 Å². The summed E-state index contributed by atoms with van der Waals surface area (Å²) in [5.74, 6) is -1.26. The number of rotatable bonds is 7. The highest BCUT2D eigenvalue weighted by molar-refractivity contribution is 7.66. The fourth-order valence-corrected chi connectivity index (χ4v) is 5.87. The highest BCUT2D eigenvalue weighted by atomic mass is 35.5. The second-order valence-corrected chi connectivity index (χ2v) is 10.7. The first-order valence-corrected chi connectivity index (χ1v) is 12.9. The maximum Gasteiger partial charge on any atom is 0.536 e. The molecule has 2 unspecified atom stereocenters.